The van der Waals surface area contributed by atoms with Crippen LogP contribution in [0.4, 0.5) is 0 Å². The van der Waals surface area contributed by atoms with E-state index in [1.54, 1.807) is 0 Å². The van der Waals surface area contributed by atoms with Crippen molar-refractivity contribution in [3.63, 3.8) is 0 Å². The first-order chi connectivity index (χ1) is 10.1. The lowest BCUT2D eigenvalue weighted by Crippen LogP contribution is -2.25. The Kier molecular flexibility index (Phi) is 5.62. The van der Waals surface area contributed by atoms with Crippen LogP contribution in [0.3, 0.4) is 0 Å². The number of hydrogen-bond donors (Lipinski definition) is 1. The van der Waals surface area contributed by atoms with Crippen LogP contribution in [0.5, 0.6) is 5.75 Å². The van der Waals surface area contributed by atoms with Crippen LogP contribution in [0, 0.1) is 5.92 Å². The van der Waals surface area contributed by atoms with Crippen LogP contribution in [-0.4, -0.2) is 35.7 Å². The number of rotatable bonds is 7. The van der Waals surface area contributed by atoms with Crippen molar-refractivity contribution < 1.29 is 14.6 Å². The molecule has 0 saturated carbocycles. The summed E-state index contributed by atoms with van der Waals surface area (Å²) in [5.41, 5.74) is 1.22. The van der Waals surface area contributed by atoms with Crippen molar-refractivity contribution in [3.05, 3.63) is 29.8 Å². The van der Waals surface area contributed by atoms with Crippen LogP contribution in [0.1, 0.15) is 44.7 Å². The summed E-state index contributed by atoms with van der Waals surface area (Å²) in [7, 11) is 0. The van der Waals surface area contributed by atoms with E-state index < -0.39 is 5.97 Å². The lowest BCUT2D eigenvalue weighted by Gasteiger charge is -2.26. The quantitative estimate of drug-likeness (QED) is 0.837. The van der Waals surface area contributed by atoms with E-state index in [2.05, 4.69) is 17.9 Å². The molecule has 116 valence electrons. The Morgan fingerprint density at radius 3 is 2.95 bits per heavy atom. The Morgan fingerprint density at radius 1 is 1.48 bits per heavy atom. The number of likely N-dealkylation sites (tertiary alicyclic amines) is 1. The smallest absolute Gasteiger partial charge is 0.303 e. The molecule has 1 aliphatic heterocycles. The monoisotopic (exact) mass is 291 g/mol. The lowest BCUT2D eigenvalue weighted by atomic mass is 10.0. The van der Waals surface area contributed by atoms with Gasteiger partial charge in [-0.05, 0) is 45.2 Å². The first-order valence-corrected chi connectivity index (χ1v) is 7.79. The third-order valence-electron chi connectivity index (χ3n) is 4.30. The van der Waals surface area contributed by atoms with Gasteiger partial charge in [0.1, 0.15) is 5.75 Å². The number of carboxylic acid groups (broad SMARTS) is 1. The summed E-state index contributed by atoms with van der Waals surface area (Å²) in [5, 5.41) is 8.79. The molecule has 0 bridgehead atoms. The third-order valence-corrected chi connectivity index (χ3v) is 4.30. The topological polar surface area (TPSA) is 49.8 Å². The number of benzene rings is 1. The summed E-state index contributed by atoms with van der Waals surface area (Å²) in [6.07, 6.45) is 2.16. The normalized spacial score (nSPS) is 20.4. The Labute approximate surface area is 126 Å². The van der Waals surface area contributed by atoms with Crippen LogP contribution >= 0.6 is 0 Å². The molecule has 0 aliphatic carbocycles. The molecule has 21 heavy (non-hydrogen) atoms. The van der Waals surface area contributed by atoms with Crippen LogP contribution in [0.2, 0.25) is 0 Å². The predicted octanol–water partition coefficient (Wildman–Crippen LogP) is 3.33. The molecule has 4 nitrogen and oxygen atoms in total. The SMILES string of the molecule is CCOc1ccccc1C(C)N1CCC(CCC(=O)O)C1. The Morgan fingerprint density at radius 2 is 2.24 bits per heavy atom. The third kappa shape index (κ3) is 4.21. The highest BCUT2D eigenvalue weighted by Gasteiger charge is 2.28. The molecule has 0 spiro atoms. The first kappa shape index (κ1) is 15.8. The molecule has 1 aromatic rings. The number of carboxylic acids is 1. The van der Waals surface area contributed by atoms with Crippen molar-refractivity contribution in [2.24, 2.45) is 5.92 Å². The fourth-order valence-corrected chi connectivity index (χ4v) is 3.09. The van der Waals surface area contributed by atoms with Gasteiger partial charge in [0.2, 0.25) is 0 Å². The van der Waals surface area contributed by atoms with Crippen LogP contribution in [-0.2, 0) is 4.79 Å². The molecule has 1 fully saturated rings. The van der Waals surface area contributed by atoms with Gasteiger partial charge in [-0.25, -0.2) is 0 Å². The molecule has 2 unspecified atom stereocenters. The molecular formula is C17H25NO3. The van der Waals surface area contributed by atoms with E-state index in [1.807, 2.05) is 25.1 Å². The molecule has 2 atom stereocenters. The molecule has 1 saturated heterocycles. The Hall–Kier alpha value is -1.55. The highest BCUT2D eigenvalue weighted by Crippen LogP contribution is 2.33. The average molecular weight is 291 g/mol. The second-order valence-electron chi connectivity index (χ2n) is 5.73. The van der Waals surface area contributed by atoms with Gasteiger partial charge in [0.25, 0.3) is 0 Å². The molecule has 1 heterocycles. The number of para-hydroxylation sites is 1. The Balaban J connectivity index is 1.98. The van der Waals surface area contributed by atoms with Gasteiger partial charge < -0.3 is 9.84 Å². The van der Waals surface area contributed by atoms with E-state index in [0.29, 0.717) is 18.6 Å². The fourth-order valence-electron chi connectivity index (χ4n) is 3.09. The zero-order valence-corrected chi connectivity index (χ0v) is 12.9. The van der Waals surface area contributed by atoms with Crippen molar-refractivity contribution >= 4 is 5.97 Å². The molecule has 1 aliphatic rings. The van der Waals surface area contributed by atoms with E-state index in [1.165, 1.54) is 5.56 Å². The van der Waals surface area contributed by atoms with E-state index in [0.717, 1.165) is 31.7 Å². The van der Waals surface area contributed by atoms with Gasteiger partial charge in [-0.2, -0.15) is 0 Å². The number of carbonyl (C=O) groups is 1. The molecule has 0 aromatic heterocycles. The van der Waals surface area contributed by atoms with Gasteiger partial charge >= 0.3 is 5.97 Å². The number of ether oxygens (including phenoxy) is 1. The van der Waals surface area contributed by atoms with E-state index >= 15 is 0 Å². The molecule has 0 radical (unpaired) electrons. The summed E-state index contributed by atoms with van der Waals surface area (Å²) in [4.78, 5) is 13.1. The van der Waals surface area contributed by atoms with Gasteiger partial charge in [-0.3, -0.25) is 9.69 Å². The summed E-state index contributed by atoms with van der Waals surface area (Å²) < 4.78 is 5.72. The van der Waals surface area contributed by atoms with Crippen LogP contribution in [0.25, 0.3) is 0 Å². The highest BCUT2D eigenvalue weighted by atomic mass is 16.5. The Bertz CT molecular complexity index is 475. The standard InChI is InChI=1S/C17H25NO3/c1-3-21-16-7-5-4-6-15(16)13(2)18-11-10-14(12-18)8-9-17(19)20/h4-7,13-14H,3,8-12H2,1-2H3,(H,19,20). The molecular weight excluding hydrogens is 266 g/mol. The van der Waals surface area contributed by atoms with E-state index in [-0.39, 0.29) is 6.42 Å². The van der Waals surface area contributed by atoms with Crippen molar-refractivity contribution in [1.82, 2.24) is 4.90 Å². The predicted molar refractivity (Wildman–Crippen MR) is 82.6 cm³/mol. The van der Waals surface area contributed by atoms with Crippen molar-refractivity contribution in [2.45, 2.75) is 39.2 Å². The maximum atomic E-state index is 10.7. The van der Waals surface area contributed by atoms with Crippen molar-refractivity contribution in [3.8, 4) is 5.75 Å². The largest absolute Gasteiger partial charge is 0.494 e. The minimum atomic E-state index is -0.691. The van der Waals surface area contributed by atoms with Gasteiger partial charge in [-0.15, -0.1) is 0 Å². The highest BCUT2D eigenvalue weighted by molar-refractivity contribution is 5.66. The minimum absolute atomic E-state index is 0.280. The molecule has 4 heteroatoms. The summed E-state index contributed by atoms with van der Waals surface area (Å²) in [6, 6.07) is 8.50. The molecule has 0 amide bonds. The zero-order chi connectivity index (χ0) is 15.2. The van der Waals surface area contributed by atoms with Crippen molar-refractivity contribution in [1.29, 1.82) is 0 Å². The van der Waals surface area contributed by atoms with Crippen LogP contribution in [0.15, 0.2) is 24.3 Å². The first-order valence-electron chi connectivity index (χ1n) is 7.79. The number of nitrogens with zero attached hydrogens (tertiary/aromatic N) is 1. The zero-order valence-electron chi connectivity index (χ0n) is 12.9. The molecule has 1 N–H and O–H groups in total. The summed E-state index contributed by atoms with van der Waals surface area (Å²) >= 11 is 0. The molecule has 1 aromatic carbocycles. The fraction of sp³-hybridized carbons (Fsp3) is 0.588. The van der Waals surface area contributed by atoms with Gasteiger partial charge in [0.05, 0.1) is 6.61 Å². The number of aliphatic carboxylic acids is 1. The summed E-state index contributed by atoms with van der Waals surface area (Å²) in [6.45, 7) is 6.89. The summed E-state index contributed by atoms with van der Waals surface area (Å²) in [5.74, 6) is 0.771. The second kappa shape index (κ2) is 7.46. The molecule has 2 rings (SSSR count). The van der Waals surface area contributed by atoms with Gasteiger partial charge in [-0.1, -0.05) is 18.2 Å². The maximum absolute atomic E-state index is 10.7. The minimum Gasteiger partial charge on any atom is -0.494 e. The maximum Gasteiger partial charge on any atom is 0.303 e. The number of hydrogen-bond acceptors (Lipinski definition) is 3. The average Bonchev–Trinajstić information content (AvgIpc) is 2.94. The van der Waals surface area contributed by atoms with Crippen LogP contribution < -0.4 is 4.74 Å². The second-order valence-corrected chi connectivity index (χ2v) is 5.73. The van der Waals surface area contributed by atoms with E-state index in [4.69, 9.17) is 9.84 Å². The van der Waals surface area contributed by atoms with E-state index in [9.17, 15) is 4.79 Å². The lowest BCUT2D eigenvalue weighted by molar-refractivity contribution is -0.137. The van der Waals surface area contributed by atoms with Crippen molar-refractivity contribution in [2.75, 3.05) is 19.7 Å². The van der Waals surface area contributed by atoms with Gasteiger partial charge in [0, 0.05) is 24.6 Å². The van der Waals surface area contributed by atoms with Gasteiger partial charge in [0.15, 0.2) is 0 Å².